The number of carbonyl (C=O) groups is 1. The lowest BCUT2D eigenvalue weighted by atomic mass is 9.96. The molecule has 8 nitrogen and oxygen atoms in total. The van der Waals surface area contributed by atoms with E-state index >= 15 is 0 Å². The van der Waals surface area contributed by atoms with Crippen molar-refractivity contribution in [1.29, 1.82) is 0 Å². The summed E-state index contributed by atoms with van der Waals surface area (Å²) in [5.74, 6) is 0.365. The van der Waals surface area contributed by atoms with Gasteiger partial charge in [-0.3, -0.25) is 18.7 Å². The molecule has 0 unspecified atom stereocenters. The lowest BCUT2D eigenvalue weighted by molar-refractivity contribution is -0.113. The van der Waals surface area contributed by atoms with Gasteiger partial charge in [-0.15, -0.1) is 0 Å². The molecule has 0 saturated carbocycles. The first-order valence-electron chi connectivity index (χ1n) is 10.0. The monoisotopic (exact) mass is 441 g/mol. The lowest BCUT2D eigenvalue weighted by Gasteiger charge is -2.19. The molecular formula is C22H27N5O3S. The second-order valence-corrected chi connectivity index (χ2v) is 9.36. The van der Waals surface area contributed by atoms with E-state index in [1.54, 1.807) is 7.05 Å². The van der Waals surface area contributed by atoms with Gasteiger partial charge < -0.3 is 5.32 Å². The SMILES string of the molecule is CCc1cccc(NC(=O)CSc2nc(C(C)(C)C)nc3c2c(=O)n(C)c(=O)n3C)c1. The third-order valence-electron chi connectivity index (χ3n) is 4.90. The Hall–Kier alpha value is -2.94. The van der Waals surface area contributed by atoms with Gasteiger partial charge in [0.15, 0.2) is 5.65 Å². The highest BCUT2D eigenvalue weighted by molar-refractivity contribution is 8.00. The van der Waals surface area contributed by atoms with Crippen LogP contribution >= 0.6 is 11.8 Å². The number of nitrogens with zero attached hydrogens (tertiary/aromatic N) is 4. The highest BCUT2D eigenvalue weighted by Gasteiger charge is 2.24. The van der Waals surface area contributed by atoms with Crippen LogP contribution in [0.15, 0.2) is 38.9 Å². The summed E-state index contributed by atoms with van der Waals surface area (Å²) in [6.45, 7) is 7.91. The maximum absolute atomic E-state index is 12.8. The highest BCUT2D eigenvalue weighted by atomic mass is 32.2. The van der Waals surface area contributed by atoms with Crippen LogP contribution in [0.4, 0.5) is 5.69 Å². The molecule has 31 heavy (non-hydrogen) atoms. The molecule has 1 amide bonds. The van der Waals surface area contributed by atoms with Crippen molar-refractivity contribution < 1.29 is 4.79 Å². The van der Waals surface area contributed by atoms with E-state index < -0.39 is 16.7 Å². The fourth-order valence-corrected chi connectivity index (χ4v) is 3.88. The van der Waals surface area contributed by atoms with Crippen LogP contribution < -0.4 is 16.6 Å². The number of thioether (sulfide) groups is 1. The van der Waals surface area contributed by atoms with Gasteiger partial charge in [0, 0.05) is 25.2 Å². The Balaban J connectivity index is 1.99. The molecule has 0 bridgehead atoms. The van der Waals surface area contributed by atoms with Crippen LogP contribution in [-0.2, 0) is 30.7 Å². The van der Waals surface area contributed by atoms with E-state index in [1.165, 1.54) is 11.6 Å². The minimum absolute atomic E-state index is 0.0675. The molecule has 2 aromatic heterocycles. The minimum Gasteiger partial charge on any atom is -0.325 e. The molecule has 0 aliphatic rings. The van der Waals surface area contributed by atoms with Crippen molar-refractivity contribution in [3.63, 3.8) is 0 Å². The van der Waals surface area contributed by atoms with Crippen molar-refractivity contribution in [2.75, 3.05) is 11.1 Å². The van der Waals surface area contributed by atoms with Crippen molar-refractivity contribution in [2.24, 2.45) is 14.1 Å². The van der Waals surface area contributed by atoms with E-state index in [2.05, 4.69) is 22.2 Å². The largest absolute Gasteiger partial charge is 0.332 e. The Bertz CT molecular complexity index is 1270. The number of anilines is 1. The van der Waals surface area contributed by atoms with Crippen molar-refractivity contribution in [3.8, 4) is 0 Å². The molecule has 0 radical (unpaired) electrons. The van der Waals surface area contributed by atoms with Gasteiger partial charge >= 0.3 is 5.69 Å². The Morgan fingerprint density at radius 2 is 1.84 bits per heavy atom. The van der Waals surface area contributed by atoms with Crippen molar-refractivity contribution in [3.05, 3.63) is 56.5 Å². The zero-order chi connectivity index (χ0) is 22.9. The maximum Gasteiger partial charge on any atom is 0.332 e. The third-order valence-corrected chi connectivity index (χ3v) is 5.87. The van der Waals surface area contributed by atoms with E-state index in [4.69, 9.17) is 0 Å². The molecule has 0 aliphatic carbocycles. The summed E-state index contributed by atoms with van der Waals surface area (Å²) in [6, 6.07) is 7.68. The first-order valence-corrected chi connectivity index (χ1v) is 11.0. The van der Waals surface area contributed by atoms with Crippen LogP contribution in [0.2, 0.25) is 0 Å². The van der Waals surface area contributed by atoms with Crippen LogP contribution in [0.5, 0.6) is 0 Å². The number of carbonyl (C=O) groups excluding carboxylic acids is 1. The van der Waals surface area contributed by atoms with Crippen molar-refractivity contribution in [2.45, 2.75) is 44.6 Å². The van der Waals surface area contributed by atoms with Crippen LogP contribution in [0.3, 0.4) is 0 Å². The molecule has 0 fully saturated rings. The van der Waals surface area contributed by atoms with E-state index in [0.29, 0.717) is 10.9 Å². The molecule has 3 rings (SSSR count). The summed E-state index contributed by atoms with van der Waals surface area (Å²) >= 11 is 1.16. The highest BCUT2D eigenvalue weighted by Crippen LogP contribution is 2.27. The quantitative estimate of drug-likeness (QED) is 0.483. The number of aromatic nitrogens is 4. The smallest absolute Gasteiger partial charge is 0.325 e. The first kappa shape index (κ1) is 22.7. The van der Waals surface area contributed by atoms with Gasteiger partial charge in [0.05, 0.1) is 5.75 Å². The lowest BCUT2D eigenvalue weighted by Crippen LogP contribution is -2.38. The Morgan fingerprint density at radius 3 is 2.48 bits per heavy atom. The van der Waals surface area contributed by atoms with Crippen LogP contribution in [0, 0.1) is 0 Å². The molecule has 0 saturated heterocycles. The number of amides is 1. The van der Waals surface area contributed by atoms with Crippen molar-refractivity contribution >= 4 is 34.4 Å². The summed E-state index contributed by atoms with van der Waals surface area (Å²) in [6.07, 6.45) is 0.878. The van der Waals surface area contributed by atoms with Gasteiger partial charge in [0.25, 0.3) is 5.56 Å². The number of hydrogen-bond acceptors (Lipinski definition) is 6. The molecule has 0 atom stereocenters. The van der Waals surface area contributed by atoms with E-state index in [-0.39, 0.29) is 22.7 Å². The molecule has 3 aromatic rings. The maximum atomic E-state index is 12.8. The Kier molecular flexibility index (Phi) is 6.35. The summed E-state index contributed by atoms with van der Waals surface area (Å²) in [5, 5.41) is 3.52. The second-order valence-electron chi connectivity index (χ2n) is 8.40. The van der Waals surface area contributed by atoms with Crippen LogP contribution in [-0.4, -0.2) is 30.8 Å². The second kappa shape index (κ2) is 8.66. The van der Waals surface area contributed by atoms with Gasteiger partial charge in [-0.05, 0) is 24.1 Å². The molecule has 2 heterocycles. The predicted molar refractivity (Wildman–Crippen MR) is 124 cm³/mol. The summed E-state index contributed by atoms with van der Waals surface area (Å²) in [5.41, 5.74) is 0.797. The molecule has 0 aliphatic heterocycles. The standard InChI is InChI=1S/C22H27N5O3S/c1-7-13-9-8-10-14(11-13)23-15(28)12-31-18-16-17(24-20(25-18)22(2,3)4)26(5)21(30)27(6)19(16)29/h8-11H,7,12H2,1-6H3,(H,23,28). The summed E-state index contributed by atoms with van der Waals surface area (Å²) in [7, 11) is 3.00. The summed E-state index contributed by atoms with van der Waals surface area (Å²) in [4.78, 5) is 46.9. The normalized spacial score (nSPS) is 11.7. The molecular weight excluding hydrogens is 414 g/mol. The molecule has 164 valence electrons. The number of fused-ring (bicyclic) bond motifs is 1. The van der Waals surface area contributed by atoms with Gasteiger partial charge in [0.1, 0.15) is 16.2 Å². The minimum atomic E-state index is -0.475. The topological polar surface area (TPSA) is 98.9 Å². The number of rotatable bonds is 5. The molecule has 9 heteroatoms. The van der Waals surface area contributed by atoms with E-state index in [0.717, 1.165) is 34.0 Å². The van der Waals surface area contributed by atoms with Gasteiger partial charge in [-0.25, -0.2) is 14.8 Å². The zero-order valence-electron chi connectivity index (χ0n) is 18.6. The average Bonchev–Trinajstić information content (AvgIpc) is 2.73. The molecule has 0 spiro atoms. The Labute approximate surface area is 184 Å². The van der Waals surface area contributed by atoms with E-state index in [1.807, 2.05) is 45.0 Å². The van der Waals surface area contributed by atoms with Crippen LogP contribution in [0.1, 0.15) is 39.1 Å². The van der Waals surface area contributed by atoms with E-state index in [9.17, 15) is 14.4 Å². The van der Waals surface area contributed by atoms with Crippen LogP contribution in [0.25, 0.3) is 11.0 Å². The van der Waals surface area contributed by atoms with Gasteiger partial charge in [0.2, 0.25) is 5.91 Å². The fourth-order valence-electron chi connectivity index (χ4n) is 3.07. The van der Waals surface area contributed by atoms with Gasteiger partial charge in [-0.1, -0.05) is 51.6 Å². The zero-order valence-corrected chi connectivity index (χ0v) is 19.5. The molecule has 1 aromatic carbocycles. The third kappa shape index (κ3) is 4.71. The fraction of sp³-hybridized carbons (Fsp3) is 0.409. The number of hydrogen-bond donors (Lipinski definition) is 1. The summed E-state index contributed by atoms with van der Waals surface area (Å²) < 4.78 is 2.37. The number of nitrogens with one attached hydrogen (secondary N) is 1. The number of aryl methyl sites for hydroxylation is 2. The van der Waals surface area contributed by atoms with Crippen molar-refractivity contribution in [1.82, 2.24) is 19.1 Å². The number of benzene rings is 1. The first-order chi connectivity index (χ1) is 14.5. The predicted octanol–water partition coefficient (Wildman–Crippen LogP) is 2.62. The molecule has 1 N–H and O–H groups in total. The van der Waals surface area contributed by atoms with Gasteiger partial charge in [-0.2, -0.15) is 0 Å². The average molecular weight is 442 g/mol. The Morgan fingerprint density at radius 1 is 1.13 bits per heavy atom.